The van der Waals surface area contributed by atoms with Crippen LogP contribution in [0.4, 0.5) is 28.9 Å². The lowest BCUT2D eigenvalue weighted by atomic mass is 9.96. The molecule has 1 aromatic heterocycles. The first-order valence-electron chi connectivity index (χ1n) is 15.2. The molecule has 12 heteroatoms. The third-order valence-electron chi connectivity index (χ3n) is 8.69. The van der Waals surface area contributed by atoms with Crippen LogP contribution in [0.1, 0.15) is 29.7 Å². The number of rotatable bonds is 8. The molecule has 0 radical (unpaired) electrons. The van der Waals surface area contributed by atoms with Crippen molar-refractivity contribution in [2.45, 2.75) is 50.1 Å². The van der Waals surface area contributed by atoms with E-state index in [1.54, 1.807) is 43.7 Å². The van der Waals surface area contributed by atoms with Gasteiger partial charge in [0.25, 0.3) is 0 Å². The average molecular weight is 665 g/mol. The van der Waals surface area contributed by atoms with Crippen molar-refractivity contribution in [3.63, 3.8) is 0 Å². The van der Waals surface area contributed by atoms with E-state index in [9.17, 15) is 17.7 Å². The van der Waals surface area contributed by atoms with Gasteiger partial charge in [0, 0.05) is 24.4 Å². The van der Waals surface area contributed by atoms with Crippen molar-refractivity contribution in [2.24, 2.45) is 0 Å². The molecule has 0 aliphatic carbocycles. The molecule has 2 fully saturated rings. The van der Waals surface area contributed by atoms with Gasteiger partial charge in [-0.25, -0.2) is 4.39 Å². The van der Waals surface area contributed by atoms with Crippen LogP contribution in [-0.2, 0) is 11.0 Å². The number of piperidine rings is 2. The first kappa shape index (κ1) is 33.6. The number of methoxy groups -OCH3 is 1. The second kappa shape index (κ2) is 13.9. The Morgan fingerprint density at radius 3 is 2.51 bits per heavy atom. The van der Waals surface area contributed by atoms with Crippen molar-refractivity contribution < 1.29 is 26.9 Å². The summed E-state index contributed by atoms with van der Waals surface area (Å²) in [4.78, 5) is 4.91. The van der Waals surface area contributed by atoms with E-state index in [1.165, 1.54) is 18.4 Å². The molecule has 2 aromatic carbocycles. The lowest BCUT2D eigenvalue weighted by Crippen LogP contribution is -2.53. The lowest BCUT2D eigenvalue weighted by molar-refractivity contribution is -0.126. The second-order valence-corrected chi connectivity index (χ2v) is 16.6. The van der Waals surface area contributed by atoms with E-state index in [2.05, 4.69) is 39.3 Å². The number of anilines is 2. The summed E-state index contributed by atoms with van der Waals surface area (Å²) in [6.45, 7) is 6.71. The van der Waals surface area contributed by atoms with Gasteiger partial charge in [-0.3, -0.25) is 4.90 Å². The molecule has 2 atom stereocenters. The van der Waals surface area contributed by atoms with E-state index in [-0.39, 0.29) is 12.1 Å². The molecule has 2 N–H and O–H groups in total. The van der Waals surface area contributed by atoms with E-state index < -0.39 is 32.0 Å². The maximum absolute atomic E-state index is 15.5. The highest BCUT2D eigenvalue weighted by Gasteiger charge is 2.35. The van der Waals surface area contributed by atoms with Gasteiger partial charge >= 0.3 is 6.18 Å². The molecule has 45 heavy (non-hydrogen) atoms. The van der Waals surface area contributed by atoms with Crippen molar-refractivity contribution in [1.82, 2.24) is 9.80 Å². The molecule has 2 unspecified atom stereocenters. The Hall–Kier alpha value is -2.77. The molecule has 5 rings (SSSR count). The summed E-state index contributed by atoms with van der Waals surface area (Å²) in [5.74, 6) is 6.44. The zero-order valence-electron chi connectivity index (χ0n) is 26.1. The Balaban J connectivity index is 1.33. The molecule has 3 aromatic rings. The van der Waals surface area contributed by atoms with Crippen molar-refractivity contribution in [1.29, 1.82) is 0 Å². The number of benzene rings is 2. The first-order valence-corrected chi connectivity index (χ1v) is 18.6. The largest absolute Gasteiger partial charge is 0.495 e. The molecule has 0 saturated carbocycles. The number of hydrogen-bond donors (Lipinski definition) is 2. The van der Waals surface area contributed by atoms with E-state index in [0.29, 0.717) is 56.4 Å². The highest BCUT2D eigenvalue weighted by atomic mass is 32.1. The maximum Gasteiger partial charge on any atom is 0.393 e. The Bertz CT molecular complexity index is 1600. The van der Waals surface area contributed by atoms with Gasteiger partial charge in [0.15, 0.2) is 0 Å². The van der Waals surface area contributed by atoms with Crippen LogP contribution in [0.2, 0.25) is 0 Å². The molecule has 3 heterocycles. The quantitative estimate of drug-likeness (QED) is 0.160. The van der Waals surface area contributed by atoms with E-state index >= 15 is 4.39 Å². The number of likely N-dealkylation sites (tertiary alicyclic amines) is 2. The van der Waals surface area contributed by atoms with Gasteiger partial charge in [-0.2, -0.15) is 13.2 Å². The van der Waals surface area contributed by atoms with Gasteiger partial charge in [0.2, 0.25) is 0 Å². The van der Waals surface area contributed by atoms with Gasteiger partial charge in [0.05, 0.1) is 47.1 Å². The Morgan fingerprint density at radius 1 is 1.09 bits per heavy atom. The third-order valence-corrected chi connectivity index (χ3v) is 11.4. The molecule has 0 amide bonds. The van der Waals surface area contributed by atoms with Gasteiger partial charge in [-0.1, -0.05) is 24.0 Å². The highest BCUT2D eigenvalue weighted by molar-refractivity contribution is 7.70. The fraction of sp³-hybridized carbons (Fsp3) is 0.515. The Morgan fingerprint density at radius 2 is 1.84 bits per heavy atom. The fourth-order valence-corrected chi connectivity index (χ4v) is 8.20. The normalized spacial score (nSPS) is 20.5. The summed E-state index contributed by atoms with van der Waals surface area (Å²) < 4.78 is 75.2. The molecule has 2 saturated heterocycles. The average Bonchev–Trinajstić information content (AvgIpc) is 3.32. The monoisotopic (exact) mass is 664 g/mol. The molecule has 6 nitrogen and oxygen atoms in total. The number of ether oxygens (including phenoxy) is 1. The predicted molar refractivity (Wildman–Crippen MR) is 178 cm³/mol. The van der Waals surface area contributed by atoms with Crippen LogP contribution >= 0.6 is 18.5 Å². The third kappa shape index (κ3) is 8.34. The number of alkyl halides is 4. The van der Waals surface area contributed by atoms with E-state index in [0.717, 1.165) is 32.5 Å². The summed E-state index contributed by atoms with van der Waals surface area (Å²) in [5.41, 5.74) is 1.42. The summed E-state index contributed by atoms with van der Waals surface area (Å²) in [5, 5.41) is 7.67. The van der Waals surface area contributed by atoms with Gasteiger partial charge in [-0.05, 0) is 87.9 Å². The fourth-order valence-electron chi connectivity index (χ4n) is 6.17. The number of nitrogens with zero attached hydrogens (tertiary/aromatic N) is 2. The molecule has 244 valence electrons. The topological polar surface area (TPSA) is 56.8 Å². The minimum Gasteiger partial charge on any atom is -0.495 e. The smallest absolute Gasteiger partial charge is 0.393 e. The van der Waals surface area contributed by atoms with Crippen LogP contribution < -0.4 is 20.7 Å². The number of thiophene rings is 1. The van der Waals surface area contributed by atoms with E-state index in [4.69, 9.17) is 4.74 Å². The summed E-state index contributed by atoms with van der Waals surface area (Å²) in [6.07, 6.45) is -3.89. The molecular formula is C33H41F4N4O2PS. The van der Waals surface area contributed by atoms with Crippen LogP contribution in [0, 0.1) is 11.8 Å². The predicted octanol–water partition coefficient (Wildman–Crippen LogP) is 6.64. The van der Waals surface area contributed by atoms with Crippen molar-refractivity contribution >= 4 is 45.2 Å². The van der Waals surface area contributed by atoms with Crippen LogP contribution in [0.5, 0.6) is 5.75 Å². The Kier molecular flexibility index (Phi) is 10.4. The molecule has 0 spiro atoms. The van der Waals surface area contributed by atoms with Crippen molar-refractivity contribution in [3.8, 4) is 17.6 Å². The molecule has 0 bridgehead atoms. The summed E-state index contributed by atoms with van der Waals surface area (Å²) in [7, 11) is 1.15. The number of nitrogens with one attached hydrogen (secondary N) is 2. The van der Waals surface area contributed by atoms with Gasteiger partial charge in [-0.15, -0.1) is 11.3 Å². The minimum absolute atomic E-state index is 0.135. The van der Waals surface area contributed by atoms with Crippen molar-refractivity contribution in [3.05, 3.63) is 46.8 Å². The summed E-state index contributed by atoms with van der Waals surface area (Å²) in [6, 6.07) is 10.4. The number of halogens is 4. The summed E-state index contributed by atoms with van der Waals surface area (Å²) >= 11 is 1.21. The second-order valence-electron chi connectivity index (χ2n) is 12.4. The van der Waals surface area contributed by atoms with Crippen LogP contribution in [0.25, 0.3) is 10.1 Å². The van der Waals surface area contributed by atoms with Crippen LogP contribution in [-0.4, -0.2) is 94.4 Å². The minimum atomic E-state index is -4.41. The maximum atomic E-state index is 15.5. The zero-order chi connectivity index (χ0) is 32.4. The standard InChI is InChI=1S/C33H41F4N4O2PS/c1-40-16-12-22(13-17-40)41-18-14-27(26(34)21-41)39-29-8-5-7-24-25(20-33(35,36)37)31(45-32(24)29)9-6-15-38-28-11-10-23(44(3,4)42)19-30(28)43-2/h5,7-8,10-11,19,22,26-27,38-39H,12-18,20-21H2,1-4H3. The molecule has 2 aliphatic heterocycles. The zero-order valence-corrected chi connectivity index (χ0v) is 27.8. The molecular weight excluding hydrogens is 623 g/mol. The van der Waals surface area contributed by atoms with Crippen molar-refractivity contribution in [2.75, 3.05) is 70.8 Å². The SMILES string of the molecule is COc1cc(P(C)(C)=O)ccc1NCC#Cc1sc2c(NC3CCN(C4CCN(C)CC4)CC3F)cccc2c1CC(F)(F)F. The van der Waals surface area contributed by atoms with Gasteiger partial charge < -0.3 is 24.8 Å². The lowest BCUT2D eigenvalue weighted by Gasteiger charge is -2.42. The van der Waals surface area contributed by atoms with Crippen LogP contribution in [0.3, 0.4) is 0 Å². The van der Waals surface area contributed by atoms with Crippen LogP contribution in [0.15, 0.2) is 36.4 Å². The Labute approximate surface area is 266 Å². The first-order chi connectivity index (χ1) is 21.3. The number of hydrogen-bond acceptors (Lipinski definition) is 7. The number of fused-ring (bicyclic) bond motifs is 1. The molecule has 2 aliphatic rings. The van der Waals surface area contributed by atoms with Gasteiger partial charge in [0.1, 0.15) is 19.1 Å². The van der Waals surface area contributed by atoms with E-state index in [1.807, 2.05) is 6.07 Å². The highest BCUT2D eigenvalue weighted by Crippen LogP contribution is 2.40.